The minimum atomic E-state index is -0.500. The fourth-order valence-electron chi connectivity index (χ4n) is 2.01. The maximum absolute atomic E-state index is 13.3. The molecule has 102 valence electrons. The van der Waals surface area contributed by atoms with Gasteiger partial charge in [0, 0.05) is 28.7 Å². The topological polar surface area (TPSA) is 70.9 Å². The zero-order valence-corrected chi connectivity index (χ0v) is 11.3. The first-order valence-electron chi connectivity index (χ1n) is 6.14. The molecule has 0 fully saturated rings. The number of H-pyrrole nitrogens is 1. The van der Waals surface area contributed by atoms with Gasteiger partial charge < -0.3 is 16.0 Å². The van der Waals surface area contributed by atoms with Crippen molar-refractivity contribution in [3.63, 3.8) is 0 Å². The molecule has 0 atom stereocenters. The largest absolute Gasteiger partial charge is 0.358 e. The lowest BCUT2D eigenvalue weighted by atomic mass is 10.0. The van der Waals surface area contributed by atoms with Crippen LogP contribution in [0.3, 0.4) is 0 Å². The molecule has 0 aliphatic heterocycles. The lowest BCUT2D eigenvalue weighted by Crippen LogP contribution is -2.48. The number of carbonyl (C=O) groups is 1. The Kier molecular flexibility index (Phi) is 3.32. The highest BCUT2D eigenvalue weighted by atomic mass is 19.1. The summed E-state index contributed by atoms with van der Waals surface area (Å²) >= 11 is 0. The van der Waals surface area contributed by atoms with Gasteiger partial charge >= 0.3 is 0 Å². The van der Waals surface area contributed by atoms with Crippen LogP contribution in [0.15, 0.2) is 18.2 Å². The number of hydrogen-bond donors (Lipinski definition) is 3. The standard InChI is InChI=1S/C14H18FN3O/c1-8-12(13(19)18-14(2,3)7-16)10-6-9(15)4-5-11(10)17-8/h4-6,17H,7,16H2,1-3H3,(H,18,19). The zero-order valence-electron chi connectivity index (χ0n) is 11.3. The van der Waals surface area contributed by atoms with Crippen molar-refractivity contribution in [3.05, 3.63) is 35.3 Å². The second-order valence-corrected chi connectivity index (χ2v) is 5.36. The normalized spacial score (nSPS) is 11.8. The van der Waals surface area contributed by atoms with Crippen LogP contribution in [0.5, 0.6) is 0 Å². The molecule has 0 aliphatic carbocycles. The lowest BCUT2D eigenvalue weighted by molar-refractivity contribution is 0.0917. The highest BCUT2D eigenvalue weighted by Crippen LogP contribution is 2.23. The van der Waals surface area contributed by atoms with E-state index in [-0.39, 0.29) is 11.7 Å². The van der Waals surface area contributed by atoms with Crippen LogP contribution in [0, 0.1) is 12.7 Å². The van der Waals surface area contributed by atoms with E-state index >= 15 is 0 Å². The fraction of sp³-hybridized carbons (Fsp3) is 0.357. The molecule has 0 bridgehead atoms. The predicted octanol–water partition coefficient (Wildman–Crippen LogP) is 2.08. The molecule has 1 aromatic heterocycles. The van der Waals surface area contributed by atoms with E-state index in [1.165, 1.54) is 12.1 Å². The van der Waals surface area contributed by atoms with Crippen LogP contribution >= 0.6 is 0 Å². The third-order valence-corrected chi connectivity index (χ3v) is 3.14. The molecule has 0 aliphatic rings. The van der Waals surface area contributed by atoms with Gasteiger partial charge in [0.2, 0.25) is 0 Å². The Morgan fingerprint density at radius 3 is 2.79 bits per heavy atom. The summed E-state index contributed by atoms with van der Waals surface area (Å²) in [7, 11) is 0. The first-order valence-corrected chi connectivity index (χ1v) is 6.14. The minimum absolute atomic E-state index is 0.246. The van der Waals surface area contributed by atoms with Gasteiger partial charge in [-0.1, -0.05) is 0 Å². The van der Waals surface area contributed by atoms with Crippen LogP contribution in [-0.2, 0) is 0 Å². The number of halogens is 1. The van der Waals surface area contributed by atoms with Gasteiger partial charge in [-0.05, 0) is 39.0 Å². The second kappa shape index (κ2) is 4.66. The summed E-state index contributed by atoms with van der Waals surface area (Å²) in [4.78, 5) is 15.4. The number of fused-ring (bicyclic) bond motifs is 1. The number of carbonyl (C=O) groups excluding carboxylic acids is 1. The van der Waals surface area contributed by atoms with Crippen molar-refractivity contribution in [1.82, 2.24) is 10.3 Å². The monoisotopic (exact) mass is 263 g/mol. The number of amides is 1. The fourth-order valence-corrected chi connectivity index (χ4v) is 2.01. The Balaban J connectivity index is 2.47. The van der Waals surface area contributed by atoms with Gasteiger partial charge in [-0.25, -0.2) is 4.39 Å². The molecular weight excluding hydrogens is 245 g/mol. The Hall–Kier alpha value is -1.88. The van der Waals surface area contributed by atoms with Gasteiger partial charge in [0.25, 0.3) is 5.91 Å². The Morgan fingerprint density at radius 2 is 2.16 bits per heavy atom. The first-order chi connectivity index (χ1) is 8.84. The van der Waals surface area contributed by atoms with Crippen LogP contribution in [-0.4, -0.2) is 23.0 Å². The maximum Gasteiger partial charge on any atom is 0.254 e. The smallest absolute Gasteiger partial charge is 0.254 e. The molecule has 2 aromatic rings. The third kappa shape index (κ3) is 2.61. The van der Waals surface area contributed by atoms with Crippen molar-refractivity contribution in [3.8, 4) is 0 Å². The average Bonchev–Trinajstić information content (AvgIpc) is 2.64. The molecule has 4 nitrogen and oxygen atoms in total. The molecule has 5 heteroatoms. The molecular formula is C14H18FN3O. The molecule has 0 saturated carbocycles. The number of aromatic amines is 1. The molecule has 0 radical (unpaired) electrons. The van der Waals surface area contributed by atoms with E-state index in [9.17, 15) is 9.18 Å². The summed E-state index contributed by atoms with van der Waals surface area (Å²) in [5, 5.41) is 3.44. The van der Waals surface area contributed by atoms with Crippen molar-refractivity contribution in [2.24, 2.45) is 5.73 Å². The molecule has 1 amide bonds. The summed E-state index contributed by atoms with van der Waals surface area (Å²) in [5.74, 6) is -0.608. The van der Waals surface area contributed by atoms with Gasteiger partial charge in [-0.2, -0.15) is 0 Å². The van der Waals surface area contributed by atoms with Crippen LogP contribution in [0.25, 0.3) is 10.9 Å². The molecule has 0 unspecified atom stereocenters. The van der Waals surface area contributed by atoms with Crippen LogP contribution < -0.4 is 11.1 Å². The minimum Gasteiger partial charge on any atom is -0.358 e. The highest BCUT2D eigenvalue weighted by molar-refractivity contribution is 6.08. The maximum atomic E-state index is 13.3. The first kappa shape index (κ1) is 13.5. The number of nitrogens with one attached hydrogen (secondary N) is 2. The summed E-state index contributed by atoms with van der Waals surface area (Å²) in [6.07, 6.45) is 0. The van der Waals surface area contributed by atoms with E-state index in [1.807, 2.05) is 13.8 Å². The van der Waals surface area contributed by atoms with Gasteiger partial charge in [0.05, 0.1) is 5.56 Å². The van der Waals surface area contributed by atoms with E-state index in [2.05, 4.69) is 10.3 Å². The number of aryl methyl sites for hydroxylation is 1. The van der Waals surface area contributed by atoms with Crippen LogP contribution in [0.1, 0.15) is 29.9 Å². The summed E-state index contributed by atoms with van der Waals surface area (Å²) in [6.45, 7) is 5.81. The number of aromatic nitrogens is 1. The van der Waals surface area contributed by atoms with Crippen molar-refractivity contribution in [1.29, 1.82) is 0 Å². The van der Waals surface area contributed by atoms with E-state index in [0.29, 0.717) is 23.2 Å². The Bertz CT molecular complexity index is 631. The molecule has 1 heterocycles. The van der Waals surface area contributed by atoms with Crippen molar-refractivity contribution < 1.29 is 9.18 Å². The number of benzene rings is 1. The Morgan fingerprint density at radius 1 is 1.47 bits per heavy atom. The summed E-state index contributed by atoms with van der Waals surface area (Å²) in [5.41, 5.74) is 7.03. The molecule has 0 saturated heterocycles. The Labute approximate surface area is 111 Å². The van der Waals surface area contributed by atoms with Crippen LogP contribution in [0.4, 0.5) is 4.39 Å². The van der Waals surface area contributed by atoms with Gasteiger partial charge in [0.15, 0.2) is 0 Å². The highest BCUT2D eigenvalue weighted by Gasteiger charge is 2.23. The van der Waals surface area contributed by atoms with Gasteiger partial charge in [-0.15, -0.1) is 0 Å². The predicted molar refractivity (Wildman–Crippen MR) is 73.6 cm³/mol. The van der Waals surface area contributed by atoms with E-state index in [4.69, 9.17) is 5.73 Å². The molecule has 0 spiro atoms. The summed E-state index contributed by atoms with van der Waals surface area (Å²) in [6, 6.07) is 4.36. The quantitative estimate of drug-likeness (QED) is 0.793. The van der Waals surface area contributed by atoms with E-state index in [1.54, 1.807) is 13.0 Å². The van der Waals surface area contributed by atoms with Crippen molar-refractivity contribution >= 4 is 16.8 Å². The lowest BCUT2D eigenvalue weighted by Gasteiger charge is -2.24. The molecule has 2 rings (SSSR count). The second-order valence-electron chi connectivity index (χ2n) is 5.36. The third-order valence-electron chi connectivity index (χ3n) is 3.14. The molecule has 4 N–H and O–H groups in total. The molecule has 1 aromatic carbocycles. The number of nitrogens with two attached hydrogens (primary N) is 1. The summed E-state index contributed by atoms with van der Waals surface area (Å²) < 4.78 is 13.3. The van der Waals surface area contributed by atoms with Gasteiger partial charge in [-0.3, -0.25) is 4.79 Å². The van der Waals surface area contributed by atoms with Crippen molar-refractivity contribution in [2.75, 3.05) is 6.54 Å². The van der Waals surface area contributed by atoms with Crippen molar-refractivity contribution in [2.45, 2.75) is 26.3 Å². The zero-order chi connectivity index (χ0) is 14.2. The number of rotatable bonds is 3. The van der Waals surface area contributed by atoms with Gasteiger partial charge in [0.1, 0.15) is 5.82 Å². The van der Waals surface area contributed by atoms with E-state index < -0.39 is 5.54 Å². The SMILES string of the molecule is Cc1[nH]c2ccc(F)cc2c1C(=O)NC(C)(C)CN. The average molecular weight is 263 g/mol. The van der Waals surface area contributed by atoms with E-state index in [0.717, 1.165) is 5.52 Å². The van der Waals surface area contributed by atoms with Crippen LogP contribution in [0.2, 0.25) is 0 Å². The number of hydrogen-bond acceptors (Lipinski definition) is 2. The molecule has 19 heavy (non-hydrogen) atoms.